The topological polar surface area (TPSA) is 71.3 Å². The van der Waals surface area contributed by atoms with Crippen LogP contribution in [0.3, 0.4) is 0 Å². The lowest BCUT2D eigenvalue weighted by Crippen LogP contribution is -2.41. The van der Waals surface area contributed by atoms with Crippen molar-refractivity contribution in [1.29, 1.82) is 0 Å². The largest absolute Gasteiger partial charge is 0.447 e. The lowest BCUT2D eigenvalue weighted by Gasteiger charge is -2.29. The molecule has 0 aliphatic carbocycles. The molecule has 3 heterocycles. The van der Waals surface area contributed by atoms with Gasteiger partial charge in [-0.05, 0) is 17.7 Å². The van der Waals surface area contributed by atoms with Crippen LogP contribution in [0.5, 0.6) is 0 Å². The van der Waals surface area contributed by atoms with Crippen LogP contribution in [-0.4, -0.2) is 91.3 Å². The number of benzene rings is 1. The molecule has 1 aromatic heterocycles. The Kier molecular flexibility index (Phi) is 8.40. The van der Waals surface area contributed by atoms with Crippen molar-refractivity contribution < 1.29 is 18.7 Å². The summed E-state index contributed by atoms with van der Waals surface area (Å²) in [5.74, 6) is 0.399. The van der Waals surface area contributed by atoms with Gasteiger partial charge < -0.3 is 18.8 Å². The third-order valence-corrected chi connectivity index (χ3v) is 6.39. The summed E-state index contributed by atoms with van der Waals surface area (Å²) in [5.41, 5.74) is 1.39. The van der Waals surface area contributed by atoms with Crippen molar-refractivity contribution in [2.75, 3.05) is 65.7 Å². The van der Waals surface area contributed by atoms with E-state index in [4.69, 9.17) is 37.1 Å². The third kappa shape index (κ3) is 6.43. The number of carbonyl (C=O) groups excluding carboxylic acids is 1. The highest BCUT2D eigenvalue weighted by atomic mass is 35.5. The predicted molar refractivity (Wildman–Crippen MR) is 121 cm³/mol. The Bertz CT molecular complexity index is 898. The van der Waals surface area contributed by atoms with Crippen molar-refractivity contribution in [3.63, 3.8) is 0 Å². The molecule has 0 bridgehead atoms. The van der Waals surface area contributed by atoms with Crippen molar-refractivity contribution in [2.24, 2.45) is 0 Å². The van der Waals surface area contributed by atoms with Crippen LogP contribution in [0.1, 0.15) is 21.9 Å². The number of oxazole rings is 1. The van der Waals surface area contributed by atoms with Gasteiger partial charge in [0, 0.05) is 45.8 Å². The Balaban J connectivity index is 1.42. The van der Waals surface area contributed by atoms with Gasteiger partial charge in [0.25, 0.3) is 5.91 Å². The standard InChI is InChI=1S/C22H28Cl2N4O4/c23-18-2-1-17(13-19(18)24)14-27(4-3-26-5-9-30-10-6-26)15-21-25-20(16-32-21)22(29)28-7-11-31-12-8-28/h1-2,13,16H,3-12,14-15H2. The third-order valence-electron chi connectivity index (χ3n) is 5.65. The van der Waals surface area contributed by atoms with Gasteiger partial charge in [-0.2, -0.15) is 0 Å². The summed E-state index contributed by atoms with van der Waals surface area (Å²) < 4.78 is 16.4. The molecule has 0 spiro atoms. The van der Waals surface area contributed by atoms with E-state index in [9.17, 15) is 4.79 Å². The molecule has 2 aliphatic heterocycles. The average Bonchev–Trinajstić information content (AvgIpc) is 3.29. The first-order chi connectivity index (χ1) is 15.6. The lowest BCUT2D eigenvalue weighted by molar-refractivity contribution is 0.0299. The summed E-state index contributed by atoms with van der Waals surface area (Å²) >= 11 is 12.3. The molecule has 174 valence electrons. The summed E-state index contributed by atoms with van der Waals surface area (Å²) in [7, 11) is 0. The number of carbonyl (C=O) groups is 1. The van der Waals surface area contributed by atoms with Crippen LogP contribution in [0.2, 0.25) is 10.0 Å². The van der Waals surface area contributed by atoms with Crippen LogP contribution in [0.25, 0.3) is 0 Å². The maximum Gasteiger partial charge on any atom is 0.275 e. The van der Waals surface area contributed by atoms with E-state index >= 15 is 0 Å². The average molecular weight is 483 g/mol. The Hall–Kier alpha value is -1.68. The van der Waals surface area contributed by atoms with E-state index in [0.29, 0.717) is 61.0 Å². The minimum Gasteiger partial charge on any atom is -0.447 e. The summed E-state index contributed by atoms with van der Waals surface area (Å²) in [6, 6.07) is 5.66. The number of aromatic nitrogens is 1. The highest BCUT2D eigenvalue weighted by Gasteiger charge is 2.23. The van der Waals surface area contributed by atoms with Gasteiger partial charge in [-0.25, -0.2) is 4.98 Å². The van der Waals surface area contributed by atoms with Crippen LogP contribution < -0.4 is 0 Å². The van der Waals surface area contributed by atoms with Crippen molar-refractivity contribution in [3.05, 3.63) is 51.7 Å². The normalized spacial score (nSPS) is 17.8. The van der Waals surface area contributed by atoms with Crippen LogP contribution in [-0.2, 0) is 22.6 Å². The van der Waals surface area contributed by atoms with E-state index in [1.165, 1.54) is 6.26 Å². The smallest absolute Gasteiger partial charge is 0.275 e. The highest BCUT2D eigenvalue weighted by Crippen LogP contribution is 2.23. The molecule has 32 heavy (non-hydrogen) atoms. The Morgan fingerprint density at radius 2 is 1.72 bits per heavy atom. The molecule has 2 aromatic rings. The quantitative estimate of drug-likeness (QED) is 0.572. The second kappa shape index (κ2) is 11.4. The molecule has 4 rings (SSSR count). The minimum atomic E-state index is -0.118. The zero-order chi connectivity index (χ0) is 22.3. The van der Waals surface area contributed by atoms with Crippen LogP contribution in [0.15, 0.2) is 28.9 Å². The number of ether oxygens (including phenoxy) is 2. The second-order valence-electron chi connectivity index (χ2n) is 7.94. The molecule has 0 N–H and O–H groups in total. The molecule has 2 saturated heterocycles. The van der Waals surface area contributed by atoms with E-state index in [1.807, 2.05) is 18.2 Å². The van der Waals surface area contributed by atoms with Crippen LogP contribution >= 0.6 is 23.2 Å². The number of amides is 1. The van der Waals surface area contributed by atoms with Gasteiger partial charge in [0.15, 0.2) is 5.69 Å². The Morgan fingerprint density at radius 1 is 1.00 bits per heavy atom. The molecule has 0 saturated carbocycles. The van der Waals surface area contributed by atoms with Gasteiger partial charge in [-0.15, -0.1) is 0 Å². The van der Waals surface area contributed by atoms with E-state index in [0.717, 1.165) is 45.0 Å². The molecule has 2 fully saturated rings. The van der Waals surface area contributed by atoms with Crippen molar-refractivity contribution in [1.82, 2.24) is 19.7 Å². The first kappa shape index (κ1) is 23.5. The first-order valence-corrected chi connectivity index (χ1v) is 11.6. The van der Waals surface area contributed by atoms with Gasteiger partial charge in [-0.3, -0.25) is 14.6 Å². The van der Waals surface area contributed by atoms with Gasteiger partial charge >= 0.3 is 0 Å². The molecular weight excluding hydrogens is 455 g/mol. The zero-order valence-electron chi connectivity index (χ0n) is 18.0. The fourth-order valence-electron chi connectivity index (χ4n) is 3.82. The zero-order valence-corrected chi connectivity index (χ0v) is 19.5. The number of morpholine rings is 2. The number of rotatable bonds is 8. The molecule has 1 aromatic carbocycles. The molecule has 8 nitrogen and oxygen atoms in total. The predicted octanol–water partition coefficient (Wildman–Crippen LogP) is 2.79. The molecule has 0 radical (unpaired) electrons. The van der Waals surface area contributed by atoms with Crippen LogP contribution in [0, 0.1) is 0 Å². The van der Waals surface area contributed by atoms with E-state index < -0.39 is 0 Å². The number of halogens is 2. The lowest BCUT2D eigenvalue weighted by atomic mass is 10.2. The highest BCUT2D eigenvalue weighted by molar-refractivity contribution is 6.42. The first-order valence-electron chi connectivity index (χ1n) is 10.9. The summed E-state index contributed by atoms with van der Waals surface area (Å²) in [6.07, 6.45) is 1.45. The van der Waals surface area contributed by atoms with Gasteiger partial charge in [-0.1, -0.05) is 29.3 Å². The number of nitrogens with zero attached hydrogens (tertiary/aromatic N) is 4. The fraction of sp³-hybridized carbons (Fsp3) is 0.545. The van der Waals surface area contributed by atoms with E-state index in [2.05, 4.69) is 14.8 Å². The summed E-state index contributed by atoms with van der Waals surface area (Å²) in [4.78, 5) is 23.5. The van der Waals surface area contributed by atoms with Gasteiger partial charge in [0.1, 0.15) is 6.26 Å². The minimum absolute atomic E-state index is 0.118. The molecule has 1 amide bonds. The molecule has 10 heteroatoms. The SMILES string of the molecule is O=C(c1coc(CN(CCN2CCOCC2)Cc2ccc(Cl)c(Cl)c2)n1)N1CCOCC1. The fourth-order valence-corrected chi connectivity index (χ4v) is 4.14. The number of hydrogen-bond donors (Lipinski definition) is 0. The van der Waals surface area contributed by atoms with E-state index in [1.54, 1.807) is 4.90 Å². The van der Waals surface area contributed by atoms with Crippen molar-refractivity contribution in [2.45, 2.75) is 13.1 Å². The maximum atomic E-state index is 12.7. The molecule has 0 atom stereocenters. The second-order valence-corrected chi connectivity index (χ2v) is 8.76. The summed E-state index contributed by atoms with van der Waals surface area (Å²) in [5, 5.41) is 1.07. The Morgan fingerprint density at radius 3 is 2.44 bits per heavy atom. The maximum absolute atomic E-state index is 12.7. The number of hydrogen-bond acceptors (Lipinski definition) is 7. The van der Waals surface area contributed by atoms with Crippen LogP contribution in [0.4, 0.5) is 0 Å². The molecule has 0 unspecified atom stereocenters. The van der Waals surface area contributed by atoms with E-state index in [-0.39, 0.29) is 5.91 Å². The monoisotopic (exact) mass is 482 g/mol. The molecular formula is C22H28Cl2N4O4. The van der Waals surface area contributed by atoms with Gasteiger partial charge in [0.05, 0.1) is 43.0 Å². The molecule has 2 aliphatic rings. The Labute approximate surface area is 198 Å². The van der Waals surface area contributed by atoms with Crippen molar-refractivity contribution >= 4 is 29.1 Å². The van der Waals surface area contributed by atoms with Crippen molar-refractivity contribution in [3.8, 4) is 0 Å². The summed E-state index contributed by atoms with van der Waals surface area (Å²) in [6.45, 7) is 8.51. The van der Waals surface area contributed by atoms with Gasteiger partial charge in [0.2, 0.25) is 5.89 Å².